The quantitative estimate of drug-likeness (QED) is 0.641. The van der Waals surface area contributed by atoms with Crippen molar-refractivity contribution in [1.82, 2.24) is 4.90 Å². The average molecular weight is 435 g/mol. The molecule has 9 heteroatoms. The van der Waals surface area contributed by atoms with Crippen molar-refractivity contribution in [3.63, 3.8) is 0 Å². The first-order valence-electron chi connectivity index (χ1n) is 8.63. The molecule has 1 N–H and O–H groups in total. The molecule has 0 unspecified atom stereocenters. The Bertz CT molecular complexity index is 1190. The average Bonchev–Trinajstić information content (AvgIpc) is 3.00. The molecule has 3 aromatic rings. The number of hydrogen-bond acceptors (Lipinski definition) is 5. The second-order valence-corrected chi connectivity index (χ2v) is 9.21. The molecule has 0 saturated carbocycles. The van der Waals surface area contributed by atoms with Crippen LogP contribution in [0.2, 0.25) is 5.02 Å². The summed E-state index contributed by atoms with van der Waals surface area (Å²) in [6.45, 7) is -0.264. The second-order valence-electron chi connectivity index (χ2n) is 6.67. The second kappa shape index (κ2) is 8.26. The Labute approximate surface area is 173 Å². The standard InChI is InChI=1S/C20H19ClN2O5S/c1-23(11-18(24)22-16-9-5-4-8-15(16)21)20(25)19-14(12-29(2,26)27)13-7-3-6-10-17(13)28-19/h3-10H,11-12H2,1-2H3,(H,22,24). The topological polar surface area (TPSA) is 96.7 Å². The lowest BCUT2D eigenvalue weighted by Crippen LogP contribution is -2.35. The fourth-order valence-electron chi connectivity index (χ4n) is 2.89. The van der Waals surface area contributed by atoms with Crippen molar-refractivity contribution in [2.45, 2.75) is 5.75 Å². The number of halogens is 1. The van der Waals surface area contributed by atoms with E-state index in [2.05, 4.69) is 5.32 Å². The molecule has 29 heavy (non-hydrogen) atoms. The third-order valence-electron chi connectivity index (χ3n) is 4.17. The van der Waals surface area contributed by atoms with Gasteiger partial charge < -0.3 is 14.6 Å². The van der Waals surface area contributed by atoms with Gasteiger partial charge in [-0.3, -0.25) is 9.59 Å². The largest absolute Gasteiger partial charge is 0.451 e. The molecular formula is C20H19ClN2O5S. The number of nitrogens with one attached hydrogen (secondary N) is 1. The van der Waals surface area contributed by atoms with Crippen molar-refractivity contribution in [1.29, 1.82) is 0 Å². The smallest absolute Gasteiger partial charge is 0.290 e. The lowest BCUT2D eigenvalue weighted by molar-refractivity contribution is -0.116. The zero-order valence-electron chi connectivity index (χ0n) is 15.8. The van der Waals surface area contributed by atoms with Gasteiger partial charge in [0.15, 0.2) is 15.6 Å². The minimum Gasteiger partial charge on any atom is -0.451 e. The number of nitrogens with zero attached hydrogens (tertiary/aromatic N) is 1. The van der Waals surface area contributed by atoms with Crippen molar-refractivity contribution < 1.29 is 22.4 Å². The predicted octanol–water partition coefficient (Wildman–Crippen LogP) is 3.34. The predicted molar refractivity (Wildman–Crippen MR) is 112 cm³/mol. The van der Waals surface area contributed by atoms with Gasteiger partial charge in [0.2, 0.25) is 5.91 Å². The van der Waals surface area contributed by atoms with Crippen LogP contribution in [0.3, 0.4) is 0 Å². The van der Waals surface area contributed by atoms with Crippen LogP contribution in [0.1, 0.15) is 16.1 Å². The van der Waals surface area contributed by atoms with Crippen molar-refractivity contribution in [3.8, 4) is 0 Å². The monoisotopic (exact) mass is 434 g/mol. The van der Waals surface area contributed by atoms with Gasteiger partial charge in [-0.25, -0.2) is 8.42 Å². The van der Waals surface area contributed by atoms with Crippen LogP contribution >= 0.6 is 11.6 Å². The number of likely N-dealkylation sites (N-methyl/N-ethyl adjacent to an activating group) is 1. The Morgan fingerprint density at radius 1 is 1.10 bits per heavy atom. The molecule has 0 aliphatic heterocycles. The summed E-state index contributed by atoms with van der Waals surface area (Å²) in [5, 5.41) is 3.56. The van der Waals surface area contributed by atoms with Gasteiger partial charge >= 0.3 is 0 Å². The summed E-state index contributed by atoms with van der Waals surface area (Å²) in [5.74, 6) is -1.47. The molecule has 1 heterocycles. The molecule has 0 saturated heterocycles. The number of anilines is 1. The Kier molecular flexibility index (Phi) is 5.95. The molecule has 7 nitrogen and oxygen atoms in total. The van der Waals surface area contributed by atoms with Gasteiger partial charge in [0, 0.05) is 24.3 Å². The molecule has 0 bridgehead atoms. The summed E-state index contributed by atoms with van der Waals surface area (Å²) in [4.78, 5) is 26.4. The number of sulfone groups is 1. The number of rotatable bonds is 6. The van der Waals surface area contributed by atoms with Crippen LogP contribution in [0.15, 0.2) is 52.9 Å². The fourth-order valence-corrected chi connectivity index (χ4v) is 3.88. The molecule has 0 aliphatic rings. The van der Waals surface area contributed by atoms with Crippen LogP contribution in [-0.2, 0) is 20.4 Å². The van der Waals surface area contributed by atoms with Crippen LogP contribution in [0.5, 0.6) is 0 Å². The van der Waals surface area contributed by atoms with Crippen LogP contribution in [0.4, 0.5) is 5.69 Å². The normalized spacial score (nSPS) is 11.4. The molecule has 2 aromatic carbocycles. The number of fused-ring (bicyclic) bond motifs is 1. The van der Waals surface area contributed by atoms with Crippen LogP contribution in [0.25, 0.3) is 11.0 Å². The summed E-state index contributed by atoms with van der Waals surface area (Å²) in [6, 6.07) is 13.6. The van der Waals surface area contributed by atoms with E-state index in [0.29, 0.717) is 21.7 Å². The number of para-hydroxylation sites is 2. The molecule has 0 radical (unpaired) electrons. The van der Waals surface area contributed by atoms with Crippen molar-refractivity contribution in [3.05, 3.63) is 64.9 Å². The first-order valence-corrected chi connectivity index (χ1v) is 11.1. The fraction of sp³-hybridized carbons (Fsp3) is 0.200. The van der Waals surface area contributed by atoms with E-state index in [1.54, 1.807) is 48.5 Å². The number of benzene rings is 2. The number of furan rings is 1. The Morgan fingerprint density at radius 2 is 1.76 bits per heavy atom. The summed E-state index contributed by atoms with van der Waals surface area (Å²) < 4.78 is 29.4. The van der Waals surface area contributed by atoms with Gasteiger partial charge in [-0.15, -0.1) is 0 Å². The summed E-state index contributed by atoms with van der Waals surface area (Å²) in [5.41, 5.74) is 1.12. The molecule has 1 aromatic heterocycles. The van der Waals surface area contributed by atoms with Gasteiger partial charge in [-0.2, -0.15) is 0 Å². The van der Waals surface area contributed by atoms with Gasteiger partial charge in [0.1, 0.15) is 5.58 Å². The molecule has 2 amide bonds. The Hall–Kier alpha value is -2.84. The van der Waals surface area contributed by atoms with E-state index in [4.69, 9.17) is 16.0 Å². The first kappa shape index (κ1) is 20.9. The third-order valence-corrected chi connectivity index (χ3v) is 5.32. The maximum absolute atomic E-state index is 12.9. The summed E-state index contributed by atoms with van der Waals surface area (Å²) in [7, 11) is -1.98. The zero-order chi connectivity index (χ0) is 21.2. The highest BCUT2D eigenvalue weighted by Crippen LogP contribution is 2.28. The van der Waals surface area contributed by atoms with Crippen LogP contribution < -0.4 is 5.32 Å². The lowest BCUT2D eigenvalue weighted by atomic mass is 10.1. The SMILES string of the molecule is CN(CC(=O)Nc1ccccc1Cl)C(=O)c1oc2ccccc2c1CS(C)(=O)=O. The molecule has 0 aliphatic carbocycles. The van der Waals surface area contributed by atoms with E-state index in [-0.39, 0.29) is 23.6 Å². The maximum Gasteiger partial charge on any atom is 0.290 e. The summed E-state index contributed by atoms with van der Waals surface area (Å²) >= 11 is 6.02. The van der Waals surface area contributed by atoms with Crippen molar-refractivity contribution >= 4 is 49.9 Å². The highest BCUT2D eigenvalue weighted by atomic mass is 35.5. The van der Waals surface area contributed by atoms with E-state index in [0.717, 1.165) is 11.2 Å². The molecule has 0 spiro atoms. The Morgan fingerprint density at radius 3 is 2.45 bits per heavy atom. The summed E-state index contributed by atoms with van der Waals surface area (Å²) in [6.07, 6.45) is 1.09. The highest BCUT2D eigenvalue weighted by Gasteiger charge is 2.26. The first-order chi connectivity index (χ1) is 13.7. The van der Waals surface area contributed by atoms with Gasteiger partial charge in [0.25, 0.3) is 5.91 Å². The van der Waals surface area contributed by atoms with Crippen LogP contribution in [0, 0.1) is 0 Å². The van der Waals surface area contributed by atoms with E-state index in [1.165, 1.54) is 7.05 Å². The van der Waals surface area contributed by atoms with Gasteiger partial charge in [0.05, 0.1) is 23.0 Å². The maximum atomic E-state index is 12.9. The molecule has 0 atom stereocenters. The lowest BCUT2D eigenvalue weighted by Gasteiger charge is -2.16. The third kappa shape index (κ3) is 4.96. The minimum atomic E-state index is -3.41. The zero-order valence-corrected chi connectivity index (χ0v) is 17.4. The molecular weight excluding hydrogens is 416 g/mol. The Balaban J connectivity index is 1.84. The van der Waals surface area contributed by atoms with Crippen LogP contribution in [-0.4, -0.2) is 45.0 Å². The van der Waals surface area contributed by atoms with Crippen molar-refractivity contribution in [2.75, 3.05) is 25.2 Å². The molecule has 152 valence electrons. The number of amides is 2. The number of carbonyl (C=O) groups excluding carboxylic acids is 2. The number of carbonyl (C=O) groups is 2. The molecule has 0 fully saturated rings. The van der Waals surface area contributed by atoms with E-state index in [1.807, 2.05) is 0 Å². The van der Waals surface area contributed by atoms with Gasteiger partial charge in [-0.05, 0) is 18.2 Å². The molecule has 3 rings (SSSR count). The highest BCUT2D eigenvalue weighted by molar-refractivity contribution is 7.89. The van der Waals surface area contributed by atoms with Gasteiger partial charge in [-0.1, -0.05) is 41.9 Å². The van der Waals surface area contributed by atoms with E-state index >= 15 is 0 Å². The van der Waals surface area contributed by atoms with E-state index in [9.17, 15) is 18.0 Å². The van der Waals surface area contributed by atoms with Crippen molar-refractivity contribution in [2.24, 2.45) is 0 Å². The number of hydrogen-bond donors (Lipinski definition) is 1. The van der Waals surface area contributed by atoms with E-state index < -0.39 is 21.7 Å². The minimum absolute atomic E-state index is 0.0929.